The lowest BCUT2D eigenvalue weighted by Gasteiger charge is -2.30. The molecule has 0 fully saturated rings. The Kier molecular flexibility index (Phi) is 4.12. The minimum Gasteiger partial charge on any atom is -0.444 e. The molecule has 6 heteroatoms. The molecule has 0 radical (unpaired) electrons. The number of hydrogen-bond acceptors (Lipinski definition) is 5. The van der Waals surface area contributed by atoms with E-state index in [0.29, 0.717) is 5.76 Å². The second-order valence-corrected chi connectivity index (χ2v) is 6.60. The third kappa shape index (κ3) is 4.81. The second-order valence-electron chi connectivity index (χ2n) is 6.60. The molecular formula is C13H23N3O3. The van der Waals surface area contributed by atoms with Crippen LogP contribution in [0.5, 0.6) is 0 Å². The molecular weight excluding hydrogens is 246 g/mol. The van der Waals surface area contributed by atoms with Crippen LogP contribution < -0.4 is 11.1 Å². The Morgan fingerprint density at radius 1 is 1.37 bits per heavy atom. The summed E-state index contributed by atoms with van der Waals surface area (Å²) in [5, 5.41) is 6.44. The maximum absolute atomic E-state index is 11.9. The van der Waals surface area contributed by atoms with Crippen LogP contribution in [0.25, 0.3) is 0 Å². The Morgan fingerprint density at radius 2 is 1.95 bits per heavy atom. The van der Waals surface area contributed by atoms with E-state index in [9.17, 15) is 4.79 Å². The van der Waals surface area contributed by atoms with Crippen molar-refractivity contribution >= 4 is 11.9 Å². The molecule has 19 heavy (non-hydrogen) atoms. The minimum atomic E-state index is -0.549. The topological polar surface area (TPSA) is 90.4 Å². The van der Waals surface area contributed by atoms with Gasteiger partial charge in [-0.3, -0.25) is 0 Å². The lowest BCUT2D eigenvalue weighted by atomic mass is 9.85. The van der Waals surface area contributed by atoms with E-state index in [1.54, 1.807) is 6.07 Å². The molecule has 1 unspecified atom stereocenters. The van der Waals surface area contributed by atoms with Crippen LogP contribution >= 0.6 is 0 Å². The largest absolute Gasteiger partial charge is 0.444 e. The van der Waals surface area contributed by atoms with Gasteiger partial charge < -0.3 is 20.3 Å². The van der Waals surface area contributed by atoms with Gasteiger partial charge >= 0.3 is 6.09 Å². The van der Waals surface area contributed by atoms with Crippen LogP contribution in [0.4, 0.5) is 10.6 Å². The lowest BCUT2D eigenvalue weighted by Crippen LogP contribution is -2.39. The molecule has 1 aromatic heterocycles. The Morgan fingerprint density at radius 3 is 2.32 bits per heavy atom. The fourth-order valence-corrected chi connectivity index (χ4v) is 1.58. The maximum Gasteiger partial charge on any atom is 0.408 e. The van der Waals surface area contributed by atoms with Gasteiger partial charge in [0.05, 0.1) is 6.04 Å². The Labute approximate surface area is 113 Å². The van der Waals surface area contributed by atoms with E-state index in [-0.39, 0.29) is 17.3 Å². The number of amides is 1. The number of nitrogens with one attached hydrogen (secondary N) is 1. The SMILES string of the molecule is CC(C)(C)OC(=O)NC(c1cc(N)no1)C(C)(C)C. The van der Waals surface area contributed by atoms with Crippen molar-refractivity contribution in [1.29, 1.82) is 0 Å². The number of ether oxygens (including phenoxy) is 1. The highest BCUT2D eigenvalue weighted by Gasteiger charge is 2.32. The predicted molar refractivity (Wildman–Crippen MR) is 72.5 cm³/mol. The Balaban J connectivity index is 2.86. The first-order chi connectivity index (χ1) is 8.49. The summed E-state index contributed by atoms with van der Waals surface area (Å²) in [6.45, 7) is 11.4. The molecule has 0 aromatic carbocycles. The molecule has 1 rings (SSSR count). The summed E-state index contributed by atoms with van der Waals surface area (Å²) < 4.78 is 10.4. The fourth-order valence-electron chi connectivity index (χ4n) is 1.58. The van der Waals surface area contributed by atoms with Gasteiger partial charge in [0, 0.05) is 6.07 Å². The van der Waals surface area contributed by atoms with E-state index in [1.807, 2.05) is 41.5 Å². The molecule has 1 heterocycles. The van der Waals surface area contributed by atoms with Gasteiger partial charge in [-0.25, -0.2) is 4.79 Å². The summed E-state index contributed by atoms with van der Waals surface area (Å²) in [5.41, 5.74) is 4.73. The number of carbonyl (C=O) groups is 1. The molecule has 1 atom stereocenters. The molecule has 1 aromatic rings. The smallest absolute Gasteiger partial charge is 0.408 e. The van der Waals surface area contributed by atoms with Crippen molar-refractivity contribution in [3.63, 3.8) is 0 Å². The average Bonchev–Trinajstić information content (AvgIpc) is 2.56. The highest BCUT2D eigenvalue weighted by atomic mass is 16.6. The van der Waals surface area contributed by atoms with E-state index >= 15 is 0 Å². The van der Waals surface area contributed by atoms with Gasteiger partial charge in [-0.15, -0.1) is 0 Å². The third-order valence-corrected chi connectivity index (χ3v) is 2.36. The van der Waals surface area contributed by atoms with E-state index in [1.165, 1.54) is 0 Å². The fraction of sp³-hybridized carbons (Fsp3) is 0.692. The molecule has 0 bridgehead atoms. The molecule has 0 saturated heterocycles. The predicted octanol–water partition coefficient (Wildman–Crippen LogP) is 2.87. The second kappa shape index (κ2) is 5.11. The Bertz CT molecular complexity index is 441. The number of alkyl carbamates (subject to hydrolysis) is 1. The maximum atomic E-state index is 11.9. The van der Waals surface area contributed by atoms with Crippen LogP contribution in [-0.2, 0) is 4.74 Å². The molecule has 6 nitrogen and oxygen atoms in total. The highest BCUT2D eigenvalue weighted by molar-refractivity contribution is 5.68. The quantitative estimate of drug-likeness (QED) is 0.861. The molecule has 0 saturated carbocycles. The first-order valence-electron chi connectivity index (χ1n) is 6.20. The van der Waals surface area contributed by atoms with Crippen LogP contribution in [0.3, 0.4) is 0 Å². The van der Waals surface area contributed by atoms with Crippen molar-refractivity contribution in [3.05, 3.63) is 11.8 Å². The van der Waals surface area contributed by atoms with Gasteiger partial charge in [0.25, 0.3) is 0 Å². The first kappa shape index (κ1) is 15.3. The summed E-state index contributed by atoms with van der Waals surface area (Å²) in [7, 11) is 0. The molecule has 0 spiro atoms. The van der Waals surface area contributed by atoms with E-state index in [4.69, 9.17) is 15.0 Å². The molecule has 108 valence electrons. The standard InChI is InChI=1S/C13H23N3O3/c1-12(2,3)10(8-7-9(14)16-19-8)15-11(17)18-13(4,5)6/h7,10H,1-6H3,(H2,14,16)(H,15,17). The third-order valence-electron chi connectivity index (χ3n) is 2.36. The first-order valence-corrected chi connectivity index (χ1v) is 6.20. The van der Waals surface area contributed by atoms with Gasteiger partial charge in [-0.1, -0.05) is 25.9 Å². The molecule has 0 aliphatic rings. The number of nitrogen functional groups attached to an aromatic ring is 1. The molecule has 0 aliphatic heterocycles. The van der Waals surface area contributed by atoms with Crippen molar-refractivity contribution in [2.75, 3.05) is 5.73 Å². The van der Waals surface area contributed by atoms with Crippen LogP contribution in [0.1, 0.15) is 53.3 Å². The monoisotopic (exact) mass is 269 g/mol. The zero-order valence-corrected chi connectivity index (χ0v) is 12.4. The van der Waals surface area contributed by atoms with Gasteiger partial charge in [-0.2, -0.15) is 0 Å². The van der Waals surface area contributed by atoms with Crippen molar-refractivity contribution in [1.82, 2.24) is 10.5 Å². The van der Waals surface area contributed by atoms with Crippen LogP contribution in [0.15, 0.2) is 10.6 Å². The lowest BCUT2D eigenvalue weighted by molar-refractivity contribution is 0.0446. The number of rotatable bonds is 2. The normalized spacial score (nSPS) is 14.0. The summed E-state index contributed by atoms with van der Waals surface area (Å²) in [5.74, 6) is 0.797. The number of anilines is 1. The number of carbonyl (C=O) groups excluding carboxylic acids is 1. The summed E-state index contributed by atoms with van der Waals surface area (Å²) in [6.07, 6.45) is -0.498. The van der Waals surface area contributed by atoms with Crippen LogP contribution in [0.2, 0.25) is 0 Å². The highest BCUT2D eigenvalue weighted by Crippen LogP contribution is 2.33. The van der Waals surface area contributed by atoms with Crippen LogP contribution in [0, 0.1) is 5.41 Å². The van der Waals surface area contributed by atoms with E-state index < -0.39 is 11.7 Å². The van der Waals surface area contributed by atoms with Crippen molar-refractivity contribution in [3.8, 4) is 0 Å². The average molecular weight is 269 g/mol. The molecule has 1 amide bonds. The molecule has 3 N–H and O–H groups in total. The number of hydrogen-bond donors (Lipinski definition) is 2. The van der Waals surface area contributed by atoms with E-state index in [0.717, 1.165) is 0 Å². The summed E-state index contributed by atoms with van der Waals surface area (Å²) >= 11 is 0. The zero-order valence-electron chi connectivity index (χ0n) is 12.4. The van der Waals surface area contributed by atoms with Gasteiger partial charge in [0.2, 0.25) is 0 Å². The van der Waals surface area contributed by atoms with Crippen molar-refractivity contribution in [2.45, 2.75) is 53.2 Å². The van der Waals surface area contributed by atoms with Gasteiger partial charge in [-0.05, 0) is 26.2 Å². The Hall–Kier alpha value is -1.72. The van der Waals surface area contributed by atoms with Gasteiger partial charge in [0.15, 0.2) is 11.6 Å². The molecule has 0 aliphatic carbocycles. The minimum absolute atomic E-state index is 0.261. The summed E-state index contributed by atoms with van der Waals surface area (Å²) in [6, 6.07) is 1.24. The van der Waals surface area contributed by atoms with E-state index in [2.05, 4.69) is 10.5 Å². The zero-order chi connectivity index (χ0) is 14.8. The number of nitrogens with zero attached hydrogens (tertiary/aromatic N) is 1. The van der Waals surface area contributed by atoms with Crippen molar-refractivity contribution in [2.24, 2.45) is 5.41 Å². The van der Waals surface area contributed by atoms with Crippen LogP contribution in [-0.4, -0.2) is 16.9 Å². The van der Waals surface area contributed by atoms with Crippen molar-refractivity contribution < 1.29 is 14.1 Å². The summed E-state index contributed by atoms with van der Waals surface area (Å²) in [4.78, 5) is 11.9. The van der Waals surface area contributed by atoms with Gasteiger partial charge in [0.1, 0.15) is 5.60 Å². The number of nitrogens with two attached hydrogens (primary N) is 1. The number of aromatic nitrogens is 1.